The molecule has 6 heteroatoms. The molecule has 2 rings (SSSR count). The van der Waals surface area contributed by atoms with Crippen molar-refractivity contribution in [3.05, 3.63) is 21.9 Å². The number of thiophene rings is 1. The zero-order valence-electron chi connectivity index (χ0n) is 10.8. The molecule has 0 bridgehead atoms. The molecule has 1 fully saturated rings. The summed E-state index contributed by atoms with van der Waals surface area (Å²) < 4.78 is 23.0. The molecule has 0 radical (unpaired) electrons. The SMILES string of the molecule is CNCc1ccc(CN2CCS(=O)(=O)CC2C)s1. The van der Waals surface area contributed by atoms with Crippen molar-refractivity contribution in [2.24, 2.45) is 0 Å². The third-order valence-electron chi connectivity index (χ3n) is 3.24. The first-order valence-electron chi connectivity index (χ1n) is 6.17. The van der Waals surface area contributed by atoms with Gasteiger partial charge in [0.1, 0.15) is 0 Å². The standard InChI is InChI=1S/C12H20N2O2S2/c1-10-9-18(15,16)6-5-14(10)8-12-4-3-11(17-12)7-13-2/h3-4,10,13H,5-9H2,1-2H3. The van der Waals surface area contributed by atoms with Crippen molar-refractivity contribution in [3.8, 4) is 0 Å². The fourth-order valence-corrected chi connectivity index (χ4v) is 4.93. The summed E-state index contributed by atoms with van der Waals surface area (Å²) >= 11 is 1.80. The molecule has 1 saturated heterocycles. The highest BCUT2D eigenvalue weighted by molar-refractivity contribution is 7.91. The summed E-state index contributed by atoms with van der Waals surface area (Å²) in [6.45, 7) is 4.42. The van der Waals surface area contributed by atoms with Gasteiger partial charge in [0, 0.05) is 35.4 Å². The number of hydrogen-bond donors (Lipinski definition) is 1. The Labute approximate surface area is 113 Å². The number of sulfone groups is 1. The topological polar surface area (TPSA) is 49.4 Å². The van der Waals surface area contributed by atoms with Crippen LogP contribution < -0.4 is 5.32 Å². The molecule has 0 saturated carbocycles. The molecule has 0 amide bonds. The molecule has 4 nitrogen and oxygen atoms in total. The Kier molecular flexibility index (Phi) is 4.42. The third kappa shape index (κ3) is 3.54. The molecule has 1 aromatic rings. The monoisotopic (exact) mass is 288 g/mol. The first-order chi connectivity index (χ1) is 8.50. The van der Waals surface area contributed by atoms with Crippen molar-refractivity contribution in [3.63, 3.8) is 0 Å². The summed E-state index contributed by atoms with van der Waals surface area (Å²) in [5.74, 6) is 0.591. The van der Waals surface area contributed by atoms with Gasteiger partial charge in [-0.3, -0.25) is 4.90 Å². The van der Waals surface area contributed by atoms with Crippen molar-refractivity contribution in [2.75, 3.05) is 25.1 Å². The van der Waals surface area contributed by atoms with E-state index in [4.69, 9.17) is 0 Å². The first-order valence-corrected chi connectivity index (χ1v) is 8.80. The lowest BCUT2D eigenvalue weighted by molar-refractivity contribution is 0.220. The average Bonchev–Trinajstić information content (AvgIpc) is 2.70. The van der Waals surface area contributed by atoms with E-state index in [1.165, 1.54) is 9.75 Å². The number of rotatable bonds is 4. The summed E-state index contributed by atoms with van der Waals surface area (Å²) in [4.78, 5) is 4.90. The van der Waals surface area contributed by atoms with Gasteiger partial charge in [-0.05, 0) is 26.1 Å². The van der Waals surface area contributed by atoms with Gasteiger partial charge in [-0.15, -0.1) is 11.3 Å². The van der Waals surface area contributed by atoms with Crippen molar-refractivity contribution in [2.45, 2.75) is 26.1 Å². The Morgan fingerprint density at radius 3 is 2.83 bits per heavy atom. The Hall–Kier alpha value is -0.430. The third-order valence-corrected chi connectivity index (χ3v) is 6.10. The van der Waals surface area contributed by atoms with E-state index in [0.29, 0.717) is 18.1 Å². The molecular weight excluding hydrogens is 268 g/mol. The minimum absolute atomic E-state index is 0.124. The van der Waals surface area contributed by atoms with Crippen LogP contribution >= 0.6 is 11.3 Å². The summed E-state index contributed by atoms with van der Waals surface area (Å²) in [6.07, 6.45) is 0. The van der Waals surface area contributed by atoms with Gasteiger partial charge in [-0.1, -0.05) is 0 Å². The predicted molar refractivity (Wildman–Crippen MR) is 75.6 cm³/mol. The summed E-state index contributed by atoms with van der Waals surface area (Å²) in [5, 5.41) is 3.14. The second-order valence-corrected chi connectivity index (χ2v) is 8.31. The zero-order valence-corrected chi connectivity index (χ0v) is 12.5. The Bertz CT molecular complexity index is 496. The van der Waals surface area contributed by atoms with Crippen LogP contribution in [0.4, 0.5) is 0 Å². The maximum absolute atomic E-state index is 11.5. The second kappa shape index (κ2) is 5.69. The summed E-state index contributed by atoms with van der Waals surface area (Å²) in [7, 11) is -0.867. The molecular formula is C12H20N2O2S2. The van der Waals surface area contributed by atoms with Gasteiger partial charge in [0.2, 0.25) is 0 Å². The van der Waals surface area contributed by atoms with E-state index < -0.39 is 9.84 Å². The van der Waals surface area contributed by atoms with Gasteiger partial charge in [0.15, 0.2) is 9.84 Å². The van der Waals surface area contributed by atoms with Gasteiger partial charge in [0.25, 0.3) is 0 Å². The molecule has 1 aliphatic heterocycles. The van der Waals surface area contributed by atoms with E-state index in [9.17, 15) is 8.42 Å². The van der Waals surface area contributed by atoms with Crippen molar-refractivity contribution in [1.29, 1.82) is 0 Å². The zero-order chi connectivity index (χ0) is 13.2. The predicted octanol–water partition coefficient (Wildman–Crippen LogP) is 1.09. The number of hydrogen-bond acceptors (Lipinski definition) is 5. The summed E-state index contributed by atoms with van der Waals surface area (Å²) in [5.41, 5.74) is 0. The normalized spacial score (nSPS) is 24.2. The molecule has 0 aliphatic carbocycles. The van der Waals surface area contributed by atoms with Gasteiger partial charge in [-0.2, -0.15) is 0 Å². The molecule has 18 heavy (non-hydrogen) atoms. The molecule has 1 aliphatic rings. The molecule has 0 spiro atoms. The molecule has 0 aromatic carbocycles. The van der Waals surface area contributed by atoms with Crippen LogP contribution in [0.25, 0.3) is 0 Å². The maximum Gasteiger partial charge on any atom is 0.153 e. The quantitative estimate of drug-likeness (QED) is 0.901. The highest BCUT2D eigenvalue weighted by Gasteiger charge is 2.28. The van der Waals surface area contributed by atoms with Crippen molar-refractivity contribution >= 4 is 21.2 Å². The number of nitrogens with zero attached hydrogens (tertiary/aromatic N) is 1. The Balaban J connectivity index is 1.97. The molecule has 2 heterocycles. The fraction of sp³-hybridized carbons (Fsp3) is 0.667. The molecule has 1 unspecified atom stereocenters. The minimum atomic E-state index is -2.81. The molecule has 1 aromatic heterocycles. The van der Waals surface area contributed by atoms with Gasteiger partial charge in [-0.25, -0.2) is 8.42 Å². The second-order valence-electron chi connectivity index (χ2n) is 4.83. The van der Waals surface area contributed by atoms with E-state index >= 15 is 0 Å². The molecule has 1 atom stereocenters. The van der Waals surface area contributed by atoms with Gasteiger partial charge < -0.3 is 5.32 Å². The van der Waals surface area contributed by atoms with Crippen LogP contribution in [0.1, 0.15) is 16.7 Å². The van der Waals surface area contributed by atoms with Crippen molar-refractivity contribution < 1.29 is 8.42 Å². The van der Waals surface area contributed by atoms with Gasteiger partial charge in [0.05, 0.1) is 11.5 Å². The van der Waals surface area contributed by atoms with E-state index in [-0.39, 0.29) is 6.04 Å². The van der Waals surface area contributed by atoms with E-state index in [2.05, 4.69) is 22.3 Å². The maximum atomic E-state index is 11.5. The Morgan fingerprint density at radius 2 is 2.17 bits per heavy atom. The minimum Gasteiger partial charge on any atom is -0.315 e. The van der Waals surface area contributed by atoms with Crippen molar-refractivity contribution in [1.82, 2.24) is 10.2 Å². The van der Waals surface area contributed by atoms with Crippen LogP contribution in [-0.4, -0.2) is 44.5 Å². The summed E-state index contributed by atoms with van der Waals surface area (Å²) in [6, 6.07) is 4.41. The Morgan fingerprint density at radius 1 is 1.44 bits per heavy atom. The van der Waals surface area contributed by atoms with Crippen LogP contribution in [-0.2, 0) is 22.9 Å². The number of nitrogens with one attached hydrogen (secondary N) is 1. The largest absolute Gasteiger partial charge is 0.315 e. The highest BCUT2D eigenvalue weighted by Crippen LogP contribution is 2.21. The lowest BCUT2D eigenvalue weighted by atomic mass is 10.3. The first kappa shape index (κ1) is 14.0. The molecule has 102 valence electrons. The lowest BCUT2D eigenvalue weighted by Crippen LogP contribution is -2.46. The van der Waals surface area contributed by atoms with E-state index in [1.54, 1.807) is 11.3 Å². The average molecular weight is 288 g/mol. The van der Waals surface area contributed by atoms with E-state index in [1.807, 2.05) is 14.0 Å². The van der Waals surface area contributed by atoms with Crippen LogP contribution in [0.2, 0.25) is 0 Å². The van der Waals surface area contributed by atoms with Crippen LogP contribution in [0.15, 0.2) is 12.1 Å². The van der Waals surface area contributed by atoms with Crippen LogP contribution in [0.3, 0.4) is 0 Å². The van der Waals surface area contributed by atoms with E-state index in [0.717, 1.165) is 13.1 Å². The molecule has 1 N–H and O–H groups in total. The van der Waals surface area contributed by atoms with Gasteiger partial charge >= 0.3 is 0 Å². The van der Waals surface area contributed by atoms with Crippen LogP contribution in [0, 0.1) is 0 Å². The smallest absolute Gasteiger partial charge is 0.153 e. The lowest BCUT2D eigenvalue weighted by Gasteiger charge is -2.32. The van der Waals surface area contributed by atoms with Crippen LogP contribution in [0.5, 0.6) is 0 Å². The highest BCUT2D eigenvalue weighted by atomic mass is 32.2. The fourth-order valence-electron chi connectivity index (χ4n) is 2.24.